The molecule has 0 spiro atoms. The topological polar surface area (TPSA) is 52.9 Å². The zero-order valence-electron chi connectivity index (χ0n) is 10.9. The fraction of sp³-hybridized carbons (Fsp3) is 0.429. The van der Waals surface area contributed by atoms with Crippen molar-refractivity contribution in [2.45, 2.75) is 31.5 Å². The van der Waals surface area contributed by atoms with Crippen molar-refractivity contribution in [3.05, 3.63) is 33.8 Å². The van der Waals surface area contributed by atoms with Gasteiger partial charge in [0.05, 0.1) is 23.1 Å². The van der Waals surface area contributed by atoms with Crippen LogP contribution in [0.5, 0.6) is 0 Å². The molecule has 2 atom stereocenters. The number of benzene rings is 1. The fourth-order valence-corrected chi connectivity index (χ4v) is 2.84. The van der Waals surface area contributed by atoms with Gasteiger partial charge in [-0.3, -0.25) is 4.79 Å². The molecule has 1 saturated carbocycles. The molecule has 1 fully saturated rings. The van der Waals surface area contributed by atoms with E-state index in [9.17, 15) is 18.0 Å². The molecule has 112 valence electrons. The van der Waals surface area contributed by atoms with Crippen LogP contribution < -0.4 is 5.32 Å². The first-order chi connectivity index (χ1) is 9.82. The van der Waals surface area contributed by atoms with Crippen molar-refractivity contribution in [2.24, 2.45) is 5.92 Å². The molecular weight excluding hydrogens is 349 g/mol. The molecule has 1 aromatic rings. The number of hydrogen-bond acceptors (Lipinski definition) is 2. The van der Waals surface area contributed by atoms with E-state index in [1.807, 2.05) is 0 Å². The molecule has 2 rings (SSSR count). The smallest absolute Gasteiger partial charge is 0.348 e. The highest BCUT2D eigenvalue weighted by atomic mass is 79.9. The molecule has 1 aromatic carbocycles. The minimum atomic E-state index is -4.50. The molecule has 1 aliphatic carbocycles. The Balaban J connectivity index is 2.21. The maximum atomic E-state index is 12.7. The Bertz CT molecular complexity index is 595. The van der Waals surface area contributed by atoms with Gasteiger partial charge >= 0.3 is 6.18 Å². The molecule has 0 saturated heterocycles. The Hall–Kier alpha value is -1.55. The number of nitrogens with one attached hydrogen (secondary N) is 1. The zero-order valence-corrected chi connectivity index (χ0v) is 12.5. The average Bonchev–Trinajstić information content (AvgIpc) is 2.84. The second-order valence-electron chi connectivity index (χ2n) is 4.94. The summed E-state index contributed by atoms with van der Waals surface area (Å²) in [5, 5.41) is 11.6. The first-order valence-electron chi connectivity index (χ1n) is 6.40. The van der Waals surface area contributed by atoms with Gasteiger partial charge in [0, 0.05) is 10.5 Å². The average molecular weight is 361 g/mol. The Labute approximate surface area is 128 Å². The second kappa shape index (κ2) is 6.06. The second-order valence-corrected chi connectivity index (χ2v) is 5.79. The summed E-state index contributed by atoms with van der Waals surface area (Å²) in [7, 11) is 0. The van der Waals surface area contributed by atoms with Crippen molar-refractivity contribution in [1.82, 2.24) is 5.32 Å². The van der Waals surface area contributed by atoms with Crippen LogP contribution in [0.1, 0.15) is 35.2 Å². The van der Waals surface area contributed by atoms with E-state index in [-0.39, 0.29) is 17.5 Å². The standard InChI is InChI=1S/C14H12BrF3N2O/c15-11-5-4-9(14(16,17)18)6-10(11)13(21)20-12-3-1-2-8(12)7-19/h4-6,8,12H,1-3H2,(H,20,21). The number of nitrogens with zero attached hydrogens (tertiary/aromatic N) is 1. The molecular formula is C14H12BrF3N2O. The molecule has 1 amide bonds. The summed E-state index contributed by atoms with van der Waals surface area (Å²) >= 11 is 3.09. The molecule has 0 radical (unpaired) electrons. The number of rotatable bonds is 2. The Kier molecular flexibility index (Phi) is 4.57. The molecule has 21 heavy (non-hydrogen) atoms. The number of carbonyl (C=O) groups is 1. The lowest BCUT2D eigenvalue weighted by atomic mass is 10.0. The number of halogens is 4. The quantitative estimate of drug-likeness (QED) is 0.869. The van der Waals surface area contributed by atoms with Crippen molar-refractivity contribution in [2.75, 3.05) is 0 Å². The predicted molar refractivity (Wildman–Crippen MR) is 73.4 cm³/mol. The molecule has 0 aromatic heterocycles. The summed E-state index contributed by atoms with van der Waals surface area (Å²) in [5.41, 5.74) is -0.951. The van der Waals surface area contributed by atoms with E-state index in [0.717, 1.165) is 18.6 Å². The van der Waals surface area contributed by atoms with Crippen molar-refractivity contribution in [1.29, 1.82) is 5.26 Å². The van der Waals surface area contributed by atoms with Gasteiger partial charge in [-0.25, -0.2) is 0 Å². The lowest BCUT2D eigenvalue weighted by Gasteiger charge is -2.17. The molecule has 0 bridgehead atoms. The van der Waals surface area contributed by atoms with Gasteiger partial charge in [0.2, 0.25) is 0 Å². The Morgan fingerprint density at radius 2 is 2.10 bits per heavy atom. The van der Waals surface area contributed by atoms with E-state index in [2.05, 4.69) is 27.3 Å². The van der Waals surface area contributed by atoms with Gasteiger partial charge in [-0.1, -0.05) is 0 Å². The van der Waals surface area contributed by atoms with Gasteiger partial charge in [0.1, 0.15) is 0 Å². The lowest BCUT2D eigenvalue weighted by Crippen LogP contribution is -2.37. The van der Waals surface area contributed by atoms with Gasteiger partial charge in [0.25, 0.3) is 5.91 Å². The van der Waals surface area contributed by atoms with E-state index in [0.29, 0.717) is 17.3 Å². The molecule has 7 heteroatoms. The highest BCUT2D eigenvalue weighted by Gasteiger charge is 2.33. The van der Waals surface area contributed by atoms with Gasteiger partial charge in [-0.15, -0.1) is 0 Å². The van der Waals surface area contributed by atoms with Crippen molar-refractivity contribution in [3.8, 4) is 6.07 Å². The molecule has 1 N–H and O–H groups in total. The summed E-state index contributed by atoms with van der Waals surface area (Å²) in [6.07, 6.45) is -2.31. The first-order valence-corrected chi connectivity index (χ1v) is 7.19. The minimum Gasteiger partial charge on any atom is -0.348 e. The number of alkyl halides is 3. The van der Waals surface area contributed by atoms with Gasteiger partial charge in [-0.2, -0.15) is 18.4 Å². The van der Waals surface area contributed by atoms with Gasteiger partial charge in [0.15, 0.2) is 0 Å². The van der Waals surface area contributed by atoms with Crippen LogP contribution in [-0.4, -0.2) is 11.9 Å². The molecule has 0 aliphatic heterocycles. The molecule has 2 unspecified atom stereocenters. The molecule has 1 aliphatic rings. The van der Waals surface area contributed by atoms with Crippen LogP contribution in [0.2, 0.25) is 0 Å². The monoisotopic (exact) mass is 360 g/mol. The third-order valence-corrected chi connectivity index (χ3v) is 4.23. The zero-order chi connectivity index (χ0) is 15.6. The lowest BCUT2D eigenvalue weighted by molar-refractivity contribution is -0.137. The maximum absolute atomic E-state index is 12.7. The van der Waals surface area contributed by atoms with E-state index < -0.39 is 17.6 Å². The van der Waals surface area contributed by atoms with Crippen molar-refractivity contribution < 1.29 is 18.0 Å². The third kappa shape index (κ3) is 3.56. The highest BCUT2D eigenvalue weighted by molar-refractivity contribution is 9.10. The fourth-order valence-electron chi connectivity index (χ4n) is 2.41. The summed E-state index contributed by atoms with van der Waals surface area (Å²) in [6.45, 7) is 0. The van der Waals surface area contributed by atoms with E-state index in [1.165, 1.54) is 6.07 Å². The highest BCUT2D eigenvalue weighted by Crippen LogP contribution is 2.32. The number of nitriles is 1. The van der Waals surface area contributed by atoms with Gasteiger partial charge < -0.3 is 5.32 Å². The largest absolute Gasteiger partial charge is 0.416 e. The summed E-state index contributed by atoms with van der Waals surface area (Å²) in [4.78, 5) is 12.1. The Morgan fingerprint density at radius 3 is 2.71 bits per heavy atom. The molecule has 3 nitrogen and oxygen atoms in total. The van der Waals surface area contributed by atoms with E-state index in [4.69, 9.17) is 5.26 Å². The number of hydrogen-bond donors (Lipinski definition) is 1. The number of carbonyl (C=O) groups excluding carboxylic acids is 1. The van der Waals surface area contributed by atoms with Crippen LogP contribution in [0.4, 0.5) is 13.2 Å². The summed E-state index contributed by atoms with van der Waals surface area (Å²) in [5.74, 6) is -0.876. The summed E-state index contributed by atoms with van der Waals surface area (Å²) < 4.78 is 38.4. The van der Waals surface area contributed by atoms with Crippen molar-refractivity contribution >= 4 is 21.8 Å². The van der Waals surface area contributed by atoms with Crippen LogP contribution in [0.15, 0.2) is 22.7 Å². The van der Waals surface area contributed by atoms with Crippen LogP contribution in [-0.2, 0) is 6.18 Å². The molecule has 0 heterocycles. The predicted octanol–water partition coefficient (Wildman–Crippen LogP) is 3.89. The van der Waals surface area contributed by atoms with Crippen LogP contribution in [0, 0.1) is 17.2 Å². The third-order valence-electron chi connectivity index (χ3n) is 3.54. The van der Waals surface area contributed by atoms with Crippen LogP contribution >= 0.6 is 15.9 Å². The SMILES string of the molecule is N#CC1CCCC1NC(=O)c1cc(C(F)(F)F)ccc1Br. The van der Waals surface area contributed by atoms with Crippen molar-refractivity contribution in [3.63, 3.8) is 0 Å². The normalized spacial score (nSPS) is 21.9. The van der Waals surface area contributed by atoms with E-state index >= 15 is 0 Å². The minimum absolute atomic E-state index is 0.0755. The van der Waals surface area contributed by atoms with Crippen LogP contribution in [0.3, 0.4) is 0 Å². The van der Waals surface area contributed by atoms with Gasteiger partial charge in [-0.05, 0) is 53.4 Å². The maximum Gasteiger partial charge on any atom is 0.416 e. The van der Waals surface area contributed by atoms with Crippen LogP contribution in [0.25, 0.3) is 0 Å². The first kappa shape index (κ1) is 15.8. The van der Waals surface area contributed by atoms with E-state index in [1.54, 1.807) is 0 Å². The number of amides is 1. The Morgan fingerprint density at radius 1 is 1.38 bits per heavy atom. The summed E-state index contributed by atoms with van der Waals surface area (Å²) in [6, 6.07) is 4.74.